The van der Waals surface area contributed by atoms with Gasteiger partial charge >= 0.3 is 0 Å². The van der Waals surface area contributed by atoms with Crippen molar-refractivity contribution in [2.75, 3.05) is 5.75 Å². The summed E-state index contributed by atoms with van der Waals surface area (Å²) in [6, 6.07) is 0. The van der Waals surface area contributed by atoms with Crippen LogP contribution in [0.4, 0.5) is 0 Å². The van der Waals surface area contributed by atoms with Crippen LogP contribution in [0.15, 0.2) is 24.6 Å². The molecule has 70 valence electrons. The molecule has 0 radical (unpaired) electrons. The van der Waals surface area contributed by atoms with Gasteiger partial charge in [-0.1, -0.05) is 12.7 Å². The molecule has 0 heterocycles. The summed E-state index contributed by atoms with van der Waals surface area (Å²) in [5.74, 6) is -0.246. The van der Waals surface area contributed by atoms with E-state index in [-0.39, 0.29) is 5.75 Å². The fourth-order valence-electron chi connectivity index (χ4n) is 0.730. The molecule has 0 amide bonds. The highest BCUT2D eigenvalue weighted by molar-refractivity contribution is 7.94. The lowest BCUT2D eigenvalue weighted by molar-refractivity contribution is 0.188. The Morgan fingerprint density at radius 1 is 1.42 bits per heavy atom. The number of aliphatic hydroxyl groups excluding tert-OH is 1. The Balaban J connectivity index is 3.92. The zero-order chi connectivity index (χ0) is 9.61. The minimum Gasteiger partial charge on any atom is -0.392 e. The normalized spacial score (nSPS) is 13.8. The predicted molar refractivity (Wildman–Crippen MR) is 49.4 cm³/mol. The highest BCUT2D eigenvalue weighted by atomic mass is 32.2. The van der Waals surface area contributed by atoms with E-state index < -0.39 is 15.9 Å². The SMILES string of the molecule is C=CCCC(O)CS(=O)(=O)C=C. The lowest BCUT2D eigenvalue weighted by Gasteiger charge is -2.06. The molecule has 0 aliphatic carbocycles. The summed E-state index contributed by atoms with van der Waals surface area (Å²) < 4.78 is 21.7. The average Bonchev–Trinajstić information content (AvgIpc) is 2.00. The third kappa shape index (κ3) is 5.09. The van der Waals surface area contributed by atoms with E-state index in [1.54, 1.807) is 6.08 Å². The Morgan fingerprint density at radius 2 is 2.00 bits per heavy atom. The highest BCUT2D eigenvalue weighted by Crippen LogP contribution is 2.02. The van der Waals surface area contributed by atoms with Crippen LogP contribution in [0.5, 0.6) is 0 Å². The van der Waals surface area contributed by atoms with Crippen LogP contribution in [0.25, 0.3) is 0 Å². The molecular formula is C8H14O3S. The molecule has 0 saturated heterocycles. The molecule has 4 heteroatoms. The van der Waals surface area contributed by atoms with Gasteiger partial charge in [0.05, 0.1) is 11.9 Å². The standard InChI is InChI=1S/C8H14O3S/c1-3-5-6-8(9)7-12(10,11)4-2/h3-4,8-9H,1-2,5-7H2. The second-order valence-electron chi connectivity index (χ2n) is 2.52. The van der Waals surface area contributed by atoms with Crippen LogP contribution >= 0.6 is 0 Å². The van der Waals surface area contributed by atoms with E-state index in [4.69, 9.17) is 0 Å². The largest absolute Gasteiger partial charge is 0.392 e. The molecule has 0 aromatic carbocycles. The molecule has 0 aliphatic rings. The van der Waals surface area contributed by atoms with Crippen LogP contribution in [0.2, 0.25) is 0 Å². The maximum absolute atomic E-state index is 10.9. The molecule has 0 saturated carbocycles. The highest BCUT2D eigenvalue weighted by Gasteiger charge is 2.12. The van der Waals surface area contributed by atoms with Gasteiger partial charge in [-0.25, -0.2) is 8.42 Å². The summed E-state index contributed by atoms with van der Waals surface area (Å²) in [5, 5.41) is 10.0. The molecule has 1 N–H and O–H groups in total. The van der Waals surface area contributed by atoms with Gasteiger partial charge in [-0.15, -0.1) is 6.58 Å². The van der Waals surface area contributed by atoms with Gasteiger partial charge in [0.2, 0.25) is 0 Å². The second kappa shape index (κ2) is 5.11. The molecule has 0 rings (SSSR count). The van der Waals surface area contributed by atoms with Gasteiger partial charge in [-0.05, 0) is 12.8 Å². The minimum absolute atomic E-state index is 0.246. The Labute approximate surface area is 73.3 Å². The third-order valence-corrected chi connectivity index (χ3v) is 2.74. The topological polar surface area (TPSA) is 54.4 Å². The molecule has 12 heavy (non-hydrogen) atoms. The van der Waals surface area contributed by atoms with E-state index in [2.05, 4.69) is 13.2 Å². The fraction of sp³-hybridized carbons (Fsp3) is 0.500. The molecule has 0 fully saturated rings. The monoisotopic (exact) mass is 190 g/mol. The summed E-state index contributed by atoms with van der Waals surface area (Å²) >= 11 is 0. The van der Waals surface area contributed by atoms with Crippen molar-refractivity contribution in [1.82, 2.24) is 0 Å². The Morgan fingerprint density at radius 3 is 2.42 bits per heavy atom. The zero-order valence-electron chi connectivity index (χ0n) is 6.94. The number of allylic oxidation sites excluding steroid dienone is 1. The molecule has 0 aliphatic heterocycles. The van der Waals surface area contributed by atoms with E-state index in [9.17, 15) is 13.5 Å². The maximum Gasteiger partial charge on any atom is 0.173 e. The van der Waals surface area contributed by atoms with Crippen molar-refractivity contribution in [2.24, 2.45) is 0 Å². The van der Waals surface area contributed by atoms with Crippen LogP contribution in [0.3, 0.4) is 0 Å². The van der Waals surface area contributed by atoms with Crippen molar-refractivity contribution in [3.63, 3.8) is 0 Å². The Kier molecular flexibility index (Phi) is 4.85. The summed E-state index contributed by atoms with van der Waals surface area (Å²) in [7, 11) is -3.27. The van der Waals surface area contributed by atoms with Crippen molar-refractivity contribution in [2.45, 2.75) is 18.9 Å². The van der Waals surface area contributed by atoms with E-state index >= 15 is 0 Å². The van der Waals surface area contributed by atoms with Crippen LogP contribution in [-0.4, -0.2) is 25.4 Å². The molecule has 3 nitrogen and oxygen atoms in total. The average molecular weight is 190 g/mol. The first-order chi connectivity index (χ1) is 5.52. The number of rotatable bonds is 6. The van der Waals surface area contributed by atoms with Gasteiger partial charge < -0.3 is 5.11 Å². The van der Waals surface area contributed by atoms with Gasteiger partial charge in [-0.3, -0.25) is 0 Å². The van der Waals surface area contributed by atoms with Gasteiger partial charge in [0.25, 0.3) is 0 Å². The molecule has 1 unspecified atom stereocenters. The van der Waals surface area contributed by atoms with Gasteiger partial charge in [0.15, 0.2) is 9.84 Å². The van der Waals surface area contributed by atoms with Crippen molar-refractivity contribution < 1.29 is 13.5 Å². The summed E-state index contributed by atoms with van der Waals surface area (Å²) in [4.78, 5) is 0. The molecular weight excluding hydrogens is 176 g/mol. The Bertz CT molecular complexity index is 241. The first kappa shape index (κ1) is 11.4. The molecule has 0 bridgehead atoms. The third-order valence-electron chi connectivity index (χ3n) is 1.38. The second-order valence-corrected chi connectivity index (χ2v) is 4.51. The number of sulfone groups is 1. The quantitative estimate of drug-likeness (QED) is 0.632. The summed E-state index contributed by atoms with van der Waals surface area (Å²) in [6.07, 6.45) is 1.87. The van der Waals surface area contributed by atoms with Crippen LogP contribution < -0.4 is 0 Å². The summed E-state index contributed by atoms with van der Waals surface area (Å²) in [5.41, 5.74) is 0. The van der Waals surface area contributed by atoms with E-state index in [0.29, 0.717) is 12.8 Å². The van der Waals surface area contributed by atoms with E-state index in [1.807, 2.05) is 0 Å². The smallest absolute Gasteiger partial charge is 0.173 e. The molecule has 0 aromatic rings. The van der Waals surface area contributed by atoms with Gasteiger partial charge in [-0.2, -0.15) is 0 Å². The van der Waals surface area contributed by atoms with Crippen LogP contribution in [0.1, 0.15) is 12.8 Å². The van der Waals surface area contributed by atoms with Crippen molar-refractivity contribution in [1.29, 1.82) is 0 Å². The first-order valence-electron chi connectivity index (χ1n) is 3.66. The molecule has 0 aromatic heterocycles. The van der Waals surface area contributed by atoms with Crippen molar-refractivity contribution in [3.05, 3.63) is 24.6 Å². The van der Waals surface area contributed by atoms with Crippen LogP contribution in [-0.2, 0) is 9.84 Å². The first-order valence-corrected chi connectivity index (χ1v) is 5.37. The van der Waals surface area contributed by atoms with Crippen molar-refractivity contribution >= 4 is 9.84 Å². The lowest BCUT2D eigenvalue weighted by atomic mass is 10.2. The maximum atomic E-state index is 10.9. The fourth-order valence-corrected chi connectivity index (χ4v) is 1.57. The zero-order valence-corrected chi connectivity index (χ0v) is 7.76. The van der Waals surface area contributed by atoms with Gasteiger partial charge in [0.1, 0.15) is 0 Å². The van der Waals surface area contributed by atoms with Crippen molar-refractivity contribution in [3.8, 4) is 0 Å². The lowest BCUT2D eigenvalue weighted by Crippen LogP contribution is -2.18. The van der Waals surface area contributed by atoms with E-state index in [1.165, 1.54) is 0 Å². The van der Waals surface area contributed by atoms with E-state index in [0.717, 1.165) is 5.41 Å². The number of aliphatic hydroxyl groups is 1. The minimum atomic E-state index is -3.27. The Hall–Kier alpha value is -0.610. The van der Waals surface area contributed by atoms with Crippen LogP contribution in [0, 0.1) is 0 Å². The van der Waals surface area contributed by atoms with Gasteiger partial charge in [0, 0.05) is 5.41 Å². The molecule has 0 spiro atoms. The number of hydrogen-bond acceptors (Lipinski definition) is 3. The summed E-state index contributed by atoms with van der Waals surface area (Å²) in [6.45, 7) is 6.62. The molecule has 1 atom stereocenters. The predicted octanol–water partition coefficient (Wildman–Crippen LogP) is 0.872. The number of hydrogen-bond donors (Lipinski definition) is 1.